The molecule has 0 unspecified atom stereocenters. The number of fused-ring (bicyclic) bond motifs is 1. The van der Waals surface area contributed by atoms with Crippen molar-refractivity contribution in [3.05, 3.63) is 78.4 Å². The Morgan fingerprint density at radius 3 is 3.00 bits per heavy atom. The maximum Gasteiger partial charge on any atom is 0.228 e. The van der Waals surface area contributed by atoms with E-state index in [2.05, 4.69) is 16.4 Å². The smallest absolute Gasteiger partial charge is 0.228 e. The van der Waals surface area contributed by atoms with Crippen LogP contribution in [0.25, 0.3) is 5.69 Å². The predicted octanol–water partition coefficient (Wildman–Crippen LogP) is 3.62. The lowest BCUT2D eigenvalue weighted by Crippen LogP contribution is -2.34. The molecule has 2 atom stereocenters. The Kier molecular flexibility index (Phi) is 4.44. The van der Waals surface area contributed by atoms with E-state index in [0.717, 1.165) is 22.6 Å². The van der Waals surface area contributed by atoms with Crippen LogP contribution in [0.4, 0.5) is 0 Å². The number of para-hydroxylation sites is 1. The molecular weight excluding hydrogens is 326 g/mol. The quantitative estimate of drug-likeness (QED) is 0.784. The van der Waals surface area contributed by atoms with E-state index in [0.29, 0.717) is 13.0 Å². The summed E-state index contributed by atoms with van der Waals surface area (Å²) >= 11 is 0. The van der Waals surface area contributed by atoms with Crippen LogP contribution in [-0.2, 0) is 4.79 Å². The lowest BCUT2D eigenvalue weighted by Gasteiger charge is -2.26. The Hall–Kier alpha value is -3.08. The number of benzene rings is 2. The molecule has 0 fully saturated rings. The van der Waals surface area contributed by atoms with Crippen molar-refractivity contribution in [2.24, 2.45) is 0 Å². The number of imidazole rings is 1. The second-order valence-electron chi connectivity index (χ2n) is 6.52. The second-order valence-corrected chi connectivity index (χ2v) is 6.52. The first kappa shape index (κ1) is 16.4. The SMILES string of the molecule is C[C@@H](NC(=O)[C@@H]1CCOc2ccccc21)c1cccc(-n2ccnc2)c1. The minimum Gasteiger partial charge on any atom is -0.493 e. The third kappa shape index (κ3) is 3.20. The van der Waals surface area contributed by atoms with Crippen LogP contribution in [0, 0.1) is 0 Å². The monoisotopic (exact) mass is 347 g/mol. The van der Waals surface area contributed by atoms with Crippen LogP contribution in [0.3, 0.4) is 0 Å². The minimum atomic E-state index is -0.167. The molecule has 0 saturated heterocycles. The molecule has 0 aliphatic carbocycles. The van der Waals surface area contributed by atoms with Gasteiger partial charge in [-0.15, -0.1) is 0 Å². The summed E-state index contributed by atoms with van der Waals surface area (Å²) in [7, 11) is 0. The predicted molar refractivity (Wildman–Crippen MR) is 99.4 cm³/mol. The molecule has 0 saturated carbocycles. The second kappa shape index (κ2) is 7.04. The zero-order valence-corrected chi connectivity index (χ0v) is 14.6. The molecule has 5 nitrogen and oxygen atoms in total. The van der Waals surface area contributed by atoms with Crippen molar-refractivity contribution >= 4 is 5.91 Å². The molecule has 0 bridgehead atoms. The molecule has 0 spiro atoms. The van der Waals surface area contributed by atoms with Gasteiger partial charge in [0.2, 0.25) is 5.91 Å². The van der Waals surface area contributed by atoms with Crippen molar-refractivity contribution in [1.29, 1.82) is 0 Å². The highest BCUT2D eigenvalue weighted by Gasteiger charge is 2.28. The maximum absolute atomic E-state index is 12.9. The number of hydrogen-bond acceptors (Lipinski definition) is 3. The van der Waals surface area contributed by atoms with Gasteiger partial charge in [0.05, 0.1) is 24.9 Å². The average molecular weight is 347 g/mol. The maximum atomic E-state index is 12.9. The van der Waals surface area contributed by atoms with E-state index in [1.807, 2.05) is 60.2 Å². The third-order valence-electron chi connectivity index (χ3n) is 4.81. The first-order valence-electron chi connectivity index (χ1n) is 8.83. The first-order valence-corrected chi connectivity index (χ1v) is 8.83. The third-order valence-corrected chi connectivity index (χ3v) is 4.81. The fourth-order valence-corrected chi connectivity index (χ4v) is 3.38. The topological polar surface area (TPSA) is 56.1 Å². The Morgan fingerprint density at radius 1 is 1.27 bits per heavy atom. The lowest BCUT2D eigenvalue weighted by atomic mass is 9.92. The van der Waals surface area contributed by atoms with E-state index < -0.39 is 0 Å². The Morgan fingerprint density at radius 2 is 2.15 bits per heavy atom. The molecule has 2 heterocycles. The van der Waals surface area contributed by atoms with Crippen LogP contribution in [0.2, 0.25) is 0 Å². The van der Waals surface area contributed by atoms with E-state index in [1.165, 1.54) is 0 Å². The van der Waals surface area contributed by atoms with Crippen molar-refractivity contribution in [3.8, 4) is 11.4 Å². The van der Waals surface area contributed by atoms with Crippen LogP contribution in [0.5, 0.6) is 5.75 Å². The first-order chi connectivity index (χ1) is 12.7. The molecular formula is C21H21N3O2. The van der Waals surface area contributed by atoms with Gasteiger partial charge >= 0.3 is 0 Å². The van der Waals surface area contributed by atoms with Crippen molar-refractivity contribution in [2.75, 3.05) is 6.61 Å². The number of hydrogen-bond donors (Lipinski definition) is 1. The molecule has 1 N–H and O–H groups in total. The number of amides is 1. The summed E-state index contributed by atoms with van der Waals surface area (Å²) < 4.78 is 7.61. The number of ether oxygens (including phenoxy) is 1. The van der Waals surface area contributed by atoms with Gasteiger partial charge in [0.25, 0.3) is 0 Å². The highest BCUT2D eigenvalue weighted by molar-refractivity contribution is 5.85. The molecule has 4 rings (SSSR count). The molecule has 26 heavy (non-hydrogen) atoms. The average Bonchev–Trinajstić information content (AvgIpc) is 3.22. The van der Waals surface area contributed by atoms with E-state index in [4.69, 9.17) is 4.74 Å². The van der Waals surface area contributed by atoms with Crippen LogP contribution in [0.15, 0.2) is 67.3 Å². The highest BCUT2D eigenvalue weighted by Crippen LogP contribution is 2.33. The Bertz CT molecular complexity index is 905. The molecule has 1 aliphatic heterocycles. The molecule has 1 aromatic heterocycles. The normalized spacial score (nSPS) is 17.0. The standard InChI is InChI=1S/C21H21N3O2/c1-15(16-5-4-6-17(13-16)24-11-10-22-14-24)23-21(25)19-9-12-26-20-8-3-2-7-18(19)20/h2-8,10-11,13-15,19H,9,12H2,1H3,(H,23,25)/t15-,19-/m1/s1. The van der Waals surface area contributed by atoms with Crippen molar-refractivity contribution in [1.82, 2.24) is 14.9 Å². The highest BCUT2D eigenvalue weighted by atomic mass is 16.5. The molecule has 0 radical (unpaired) electrons. The van der Waals surface area contributed by atoms with E-state index in [1.54, 1.807) is 12.5 Å². The number of carbonyl (C=O) groups excluding carboxylic acids is 1. The van der Waals surface area contributed by atoms with Crippen LogP contribution < -0.4 is 10.1 Å². The molecule has 3 aromatic rings. The zero-order valence-electron chi connectivity index (χ0n) is 14.6. The van der Waals surface area contributed by atoms with Crippen LogP contribution in [-0.4, -0.2) is 22.1 Å². The number of rotatable bonds is 4. The molecule has 132 valence electrons. The lowest BCUT2D eigenvalue weighted by molar-refractivity contribution is -0.123. The molecule has 1 amide bonds. The van der Waals surface area contributed by atoms with Crippen LogP contribution >= 0.6 is 0 Å². The summed E-state index contributed by atoms with van der Waals surface area (Å²) in [6, 6.07) is 15.8. The van der Waals surface area contributed by atoms with Gasteiger partial charge in [0.1, 0.15) is 5.75 Å². The largest absolute Gasteiger partial charge is 0.493 e. The van der Waals surface area contributed by atoms with E-state index >= 15 is 0 Å². The summed E-state index contributed by atoms with van der Waals surface area (Å²) in [5, 5.41) is 3.16. The molecule has 2 aromatic carbocycles. The van der Waals surface area contributed by atoms with Crippen molar-refractivity contribution in [2.45, 2.75) is 25.3 Å². The number of carbonyl (C=O) groups is 1. The van der Waals surface area contributed by atoms with Gasteiger partial charge < -0.3 is 14.6 Å². The van der Waals surface area contributed by atoms with E-state index in [9.17, 15) is 4.79 Å². The van der Waals surface area contributed by atoms with Gasteiger partial charge in [-0.3, -0.25) is 4.79 Å². The fourth-order valence-electron chi connectivity index (χ4n) is 3.38. The molecule has 1 aliphatic rings. The number of nitrogens with zero attached hydrogens (tertiary/aromatic N) is 2. The van der Waals surface area contributed by atoms with Gasteiger partial charge in [0, 0.05) is 23.6 Å². The summed E-state index contributed by atoms with van der Waals surface area (Å²) in [5.74, 6) is 0.689. The summed E-state index contributed by atoms with van der Waals surface area (Å²) in [6.07, 6.45) is 6.12. The van der Waals surface area contributed by atoms with Gasteiger partial charge in [-0.2, -0.15) is 0 Å². The van der Waals surface area contributed by atoms with Gasteiger partial charge in [0.15, 0.2) is 0 Å². The summed E-state index contributed by atoms with van der Waals surface area (Å²) in [4.78, 5) is 17.0. The fraction of sp³-hybridized carbons (Fsp3) is 0.238. The van der Waals surface area contributed by atoms with Gasteiger partial charge in [-0.1, -0.05) is 30.3 Å². The van der Waals surface area contributed by atoms with Gasteiger partial charge in [-0.25, -0.2) is 4.98 Å². The molecule has 5 heteroatoms. The van der Waals surface area contributed by atoms with Crippen molar-refractivity contribution in [3.63, 3.8) is 0 Å². The van der Waals surface area contributed by atoms with E-state index in [-0.39, 0.29) is 17.9 Å². The zero-order chi connectivity index (χ0) is 17.9. The summed E-state index contributed by atoms with van der Waals surface area (Å²) in [5.41, 5.74) is 3.05. The summed E-state index contributed by atoms with van der Waals surface area (Å²) in [6.45, 7) is 2.58. The van der Waals surface area contributed by atoms with Gasteiger partial charge in [-0.05, 0) is 37.1 Å². The Balaban J connectivity index is 1.51. The minimum absolute atomic E-state index is 0.0429. The number of nitrogens with one attached hydrogen (secondary N) is 1. The van der Waals surface area contributed by atoms with Crippen LogP contribution in [0.1, 0.15) is 36.4 Å². The Labute approximate surface area is 152 Å². The number of aromatic nitrogens is 2. The van der Waals surface area contributed by atoms with Crippen molar-refractivity contribution < 1.29 is 9.53 Å².